The summed E-state index contributed by atoms with van der Waals surface area (Å²) in [6.07, 6.45) is 0. The minimum Gasteiger partial charge on any atom is -0.423 e. The summed E-state index contributed by atoms with van der Waals surface area (Å²) >= 11 is 0. The highest BCUT2D eigenvalue weighted by Crippen LogP contribution is 2.20. The lowest BCUT2D eigenvalue weighted by atomic mass is 10.1. The van der Waals surface area contributed by atoms with Crippen molar-refractivity contribution in [3.05, 3.63) is 59.2 Å². The molecule has 2 rings (SSSR count). The Kier molecular flexibility index (Phi) is 5.98. The van der Waals surface area contributed by atoms with Gasteiger partial charge in [-0.25, -0.2) is 13.2 Å². The van der Waals surface area contributed by atoms with Crippen molar-refractivity contribution in [2.24, 2.45) is 0 Å². The predicted octanol–water partition coefficient (Wildman–Crippen LogP) is 3.55. The van der Waals surface area contributed by atoms with Crippen LogP contribution in [0.5, 0.6) is 5.75 Å². The van der Waals surface area contributed by atoms with E-state index in [4.69, 9.17) is 4.74 Å². The van der Waals surface area contributed by atoms with Crippen LogP contribution in [0.3, 0.4) is 0 Å². The molecule has 0 aliphatic rings. The Labute approximate surface area is 149 Å². The van der Waals surface area contributed by atoms with E-state index >= 15 is 0 Å². The van der Waals surface area contributed by atoms with Gasteiger partial charge in [0.2, 0.25) is 10.0 Å². The average Bonchev–Trinajstić information content (AvgIpc) is 2.55. The first-order valence-electron chi connectivity index (χ1n) is 8.18. The number of hydrogen-bond donors (Lipinski definition) is 0. The molecule has 0 aliphatic carbocycles. The van der Waals surface area contributed by atoms with Crippen LogP contribution in [0.4, 0.5) is 0 Å². The van der Waals surface area contributed by atoms with Gasteiger partial charge in [0.15, 0.2) is 0 Å². The standard InChI is InChI=1S/C19H23NO4S/c1-5-20(6-2)25(22,23)18-9-7-8-16(13-18)19(21)24-17-11-14(3)10-15(4)12-17/h7-13H,5-6H2,1-4H3. The van der Waals surface area contributed by atoms with Crippen molar-refractivity contribution in [2.75, 3.05) is 13.1 Å². The molecule has 0 amide bonds. The summed E-state index contributed by atoms with van der Waals surface area (Å²) in [4.78, 5) is 12.5. The van der Waals surface area contributed by atoms with E-state index < -0.39 is 16.0 Å². The van der Waals surface area contributed by atoms with Gasteiger partial charge in [0.25, 0.3) is 0 Å². The van der Waals surface area contributed by atoms with Crippen LogP contribution in [0, 0.1) is 13.8 Å². The Bertz CT molecular complexity index is 850. The van der Waals surface area contributed by atoms with Crippen molar-refractivity contribution in [1.29, 1.82) is 0 Å². The molecule has 0 aromatic heterocycles. The van der Waals surface area contributed by atoms with Gasteiger partial charge in [0.1, 0.15) is 5.75 Å². The molecule has 0 fully saturated rings. The normalized spacial score (nSPS) is 11.6. The van der Waals surface area contributed by atoms with Crippen molar-refractivity contribution in [1.82, 2.24) is 4.31 Å². The molecule has 0 unspecified atom stereocenters. The predicted molar refractivity (Wildman–Crippen MR) is 97.4 cm³/mol. The lowest BCUT2D eigenvalue weighted by molar-refractivity contribution is 0.0734. The average molecular weight is 361 g/mol. The second-order valence-electron chi connectivity index (χ2n) is 5.83. The number of hydrogen-bond acceptors (Lipinski definition) is 4. The number of rotatable bonds is 6. The Morgan fingerprint density at radius 1 is 1.00 bits per heavy atom. The Morgan fingerprint density at radius 2 is 1.60 bits per heavy atom. The third kappa shape index (κ3) is 4.46. The zero-order valence-electron chi connectivity index (χ0n) is 14.9. The Hall–Kier alpha value is -2.18. The lowest BCUT2D eigenvalue weighted by Gasteiger charge is -2.18. The quantitative estimate of drug-likeness (QED) is 0.583. The number of carbonyl (C=O) groups is 1. The summed E-state index contributed by atoms with van der Waals surface area (Å²) in [6, 6.07) is 11.5. The van der Waals surface area contributed by atoms with E-state index in [-0.39, 0.29) is 10.5 Å². The van der Waals surface area contributed by atoms with Crippen LogP contribution in [0.25, 0.3) is 0 Å². The summed E-state index contributed by atoms with van der Waals surface area (Å²) in [7, 11) is -3.62. The molecule has 2 aromatic carbocycles. The molecule has 0 saturated carbocycles. The number of ether oxygens (including phenoxy) is 1. The van der Waals surface area contributed by atoms with Crippen molar-refractivity contribution in [3.8, 4) is 5.75 Å². The lowest BCUT2D eigenvalue weighted by Crippen LogP contribution is -2.30. The first kappa shape index (κ1) is 19.1. The van der Waals surface area contributed by atoms with Crippen LogP contribution >= 0.6 is 0 Å². The topological polar surface area (TPSA) is 63.7 Å². The molecule has 0 N–H and O–H groups in total. The van der Waals surface area contributed by atoms with Crippen LogP contribution in [0.15, 0.2) is 47.4 Å². The summed E-state index contributed by atoms with van der Waals surface area (Å²) < 4.78 is 31.9. The summed E-state index contributed by atoms with van der Waals surface area (Å²) in [6.45, 7) is 8.13. The smallest absolute Gasteiger partial charge is 0.343 e. The zero-order chi connectivity index (χ0) is 18.6. The fourth-order valence-corrected chi connectivity index (χ4v) is 4.16. The largest absolute Gasteiger partial charge is 0.423 e. The molecule has 6 heteroatoms. The number of benzene rings is 2. The Balaban J connectivity index is 2.30. The van der Waals surface area contributed by atoms with Gasteiger partial charge in [-0.3, -0.25) is 0 Å². The molecule has 0 saturated heterocycles. The monoisotopic (exact) mass is 361 g/mol. The van der Waals surface area contributed by atoms with Crippen molar-refractivity contribution < 1.29 is 17.9 Å². The molecule has 2 aromatic rings. The van der Waals surface area contributed by atoms with E-state index in [2.05, 4.69) is 0 Å². The molecule has 0 spiro atoms. The molecule has 134 valence electrons. The molecule has 0 heterocycles. The van der Waals surface area contributed by atoms with Crippen LogP contribution in [0.2, 0.25) is 0 Å². The van der Waals surface area contributed by atoms with E-state index in [1.807, 2.05) is 19.9 Å². The third-order valence-electron chi connectivity index (χ3n) is 3.82. The summed E-state index contributed by atoms with van der Waals surface area (Å²) in [5, 5.41) is 0. The highest BCUT2D eigenvalue weighted by atomic mass is 32.2. The van der Waals surface area contributed by atoms with Crippen LogP contribution in [-0.4, -0.2) is 31.8 Å². The minimum atomic E-state index is -3.62. The number of esters is 1. The van der Waals surface area contributed by atoms with Gasteiger partial charge in [-0.05, 0) is 55.3 Å². The van der Waals surface area contributed by atoms with Crippen LogP contribution in [0.1, 0.15) is 35.3 Å². The first-order valence-corrected chi connectivity index (χ1v) is 9.62. The fraction of sp³-hybridized carbons (Fsp3) is 0.316. The number of sulfonamides is 1. The highest BCUT2D eigenvalue weighted by molar-refractivity contribution is 7.89. The fourth-order valence-electron chi connectivity index (χ4n) is 2.65. The van der Waals surface area contributed by atoms with Gasteiger partial charge in [-0.1, -0.05) is 26.0 Å². The van der Waals surface area contributed by atoms with Gasteiger partial charge in [-0.2, -0.15) is 4.31 Å². The molecule has 0 aliphatic heterocycles. The van der Waals surface area contributed by atoms with Crippen molar-refractivity contribution in [2.45, 2.75) is 32.6 Å². The molecule has 0 bridgehead atoms. The minimum absolute atomic E-state index is 0.0890. The van der Waals surface area contributed by atoms with E-state index in [0.29, 0.717) is 18.8 Å². The summed E-state index contributed by atoms with van der Waals surface area (Å²) in [5.74, 6) is -0.138. The van der Waals surface area contributed by atoms with Gasteiger partial charge >= 0.3 is 5.97 Å². The number of carbonyl (C=O) groups excluding carboxylic acids is 1. The van der Waals surface area contributed by atoms with Crippen molar-refractivity contribution >= 4 is 16.0 Å². The molecule has 0 atom stereocenters. The van der Waals surface area contributed by atoms with Crippen molar-refractivity contribution in [3.63, 3.8) is 0 Å². The van der Waals surface area contributed by atoms with E-state index in [9.17, 15) is 13.2 Å². The second kappa shape index (κ2) is 7.80. The molecule has 0 radical (unpaired) electrons. The highest BCUT2D eigenvalue weighted by Gasteiger charge is 2.23. The van der Waals surface area contributed by atoms with Gasteiger partial charge < -0.3 is 4.74 Å². The summed E-state index contributed by atoms with van der Waals surface area (Å²) in [5.41, 5.74) is 2.17. The van der Waals surface area contributed by atoms with Crippen LogP contribution in [-0.2, 0) is 10.0 Å². The van der Waals surface area contributed by atoms with Gasteiger partial charge in [0.05, 0.1) is 10.5 Å². The van der Waals surface area contributed by atoms with Gasteiger partial charge in [0, 0.05) is 13.1 Å². The Morgan fingerprint density at radius 3 is 2.16 bits per heavy atom. The van der Waals surface area contributed by atoms with E-state index in [0.717, 1.165) is 11.1 Å². The van der Waals surface area contributed by atoms with E-state index in [1.165, 1.54) is 16.4 Å². The molecule has 25 heavy (non-hydrogen) atoms. The van der Waals surface area contributed by atoms with E-state index in [1.54, 1.807) is 38.1 Å². The van der Waals surface area contributed by atoms with Crippen LogP contribution < -0.4 is 4.74 Å². The SMILES string of the molecule is CCN(CC)S(=O)(=O)c1cccc(C(=O)Oc2cc(C)cc(C)c2)c1. The van der Waals surface area contributed by atoms with Gasteiger partial charge in [-0.15, -0.1) is 0 Å². The maximum Gasteiger partial charge on any atom is 0.343 e. The number of aryl methyl sites for hydroxylation is 2. The maximum atomic E-state index is 12.6. The molecular formula is C19H23NO4S. The zero-order valence-corrected chi connectivity index (χ0v) is 15.8. The molecular weight excluding hydrogens is 338 g/mol. The first-order chi connectivity index (χ1) is 11.8. The maximum absolute atomic E-state index is 12.6. The number of nitrogens with zero attached hydrogens (tertiary/aromatic N) is 1. The third-order valence-corrected chi connectivity index (χ3v) is 5.86. The second-order valence-corrected chi connectivity index (χ2v) is 7.77. The molecule has 5 nitrogen and oxygen atoms in total.